The Labute approximate surface area is 112 Å². The number of likely N-dealkylation sites (N-methyl/N-ethyl adjacent to an activating group) is 1. The SMILES string of the molecule is CCNC(CCOC(C)C)Cc1cccc(C)c1. The first-order valence-corrected chi connectivity index (χ1v) is 7.02. The van der Waals surface area contributed by atoms with Crippen LogP contribution in [0.15, 0.2) is 24.3 Å². The van der Waals surface area contributed by atoms with E-state index >= 15 is 0 Å². The minimum Gasteiger partial charge on any atom is -0.379 e. The summed E-state index contributed by atoms with van der Waals surface area (Å²) in [5.41, 5.74) is 2.74. The van der Waals surface area contributed by atoms with Crippen LogP contribution in [0.3, 0.4) is 0 Å². The zero-order chi connectivity index (χ0) is 13.4. The summed E-state index contributed by atoms with van der Waals surface area (Å²) in [4.78, 5) is 0. The van der Waals surface area contributed by atoms with Crippen LogP contribution in [0.4, 0.5) is 0 Å². The second-order valence-electron chi connectivity index (χ2n) is 5.16. The Morgan fingerprint density at radius 2 is 2.06 bits per heavy atom. The van der Waals surface area contributed by atoms with E-state index in [0.717, 1.165) is 26.0 Å². The van der Waals surface area contributed by atoms with Gasteiger partial charge in [-0.1, -0.05) is 36.8 Å². The van der Waals surface area contributed by atoms with E-state index in [4.69, 9.17) is 4.74 Å². The van der Waals surface area contributed by atoms with Gasteiger partial charge in [-0.3, -0.25) is 0 Å². The Bertz CT molecular complexity index is 336. The minimum atomic E-state index is 0.325. The summed E-state index contributed by atoms with van der Waals surface area (Å²) >= 11 is 0. The highest BCUT2D eigenvalue weighted by Crippen LogP contribution is 2.09. The van der Waals surface area contributed by atoms with Crippen molar-refractivity contribution in [1.29, 1.82) is 0 Å². The molecule has 0 aliphatic carbocycles. The molecule has 1 aromatic carbocycles. The summed E-state index contributed by atoms with van der Waals surface area (Å²) < 4.78 is 5.64. The second kappa shape index (κ2) is 8.28. The molecule has 0 fully saturated rings. The van der Waals surface area contributed by atoms with Gasteiger partial charge in [0.1, 0.15) is 0 Å². The minimum absolute atomic E-state index is 0.325. The van der Waals surface area contributed by atoms with Crippen LogP contribution in [0, 0.1) is 6.92 Å². The Morgan fingerprint density at radius 3 is 2.67 bits per heavy atom. The molecule has 102 valence electrons. The molecule has 0 aliphatic heterocycles. The monoisotopic (exact) mass is 249 g/mol. The Kier molecular flexibility index (Phi) is 6.99. The first-order valence-electron chi connectivity index (χ1n) is 7.02. The maximum absolute atomic E-state index is 5.64. The smallest absolute Gasteiger partial charge is 0.0518 e. The maximum atomic E-state index is 5.64. The van der Waals surface area contributed by atoms with E-state index in [1.807, 2.05) is 0 Å². The van der Waals surface area contributed by atoms with Gasteiger partial charge in [-0.15, -0.1) is 0 Å². The molecule has 1 unspecified atom stereocenters. The van der Waals surface area contributed by atoms with Crippen molar-refractivity contribution < 1.29 is 4.74 Å². The largest absolute Gasteiger partial charge is 0.379 e. The third-order valence-electron chi connectivity index (χ3n) is 2.97. The predicted molar refractivity (Wildman–Crippen MR) is 78.1 cm³/mol. The molecule has 1 N–H and O–H groups in total. The van der Waals surface area contributed by atoms with Crippen molar-refractivity contribution in [3.63, 3.8) is 0 Å². The van der Waals surface area contributed by atoms with E-state index in [1.54, 1.807) is 0 Å². The van der Waals surface area contributed by atoms with Gasteiger partial charge in [0.2, 0.25) is 0 Å². The van der Waals surface area contributed by atoms with Gasteiger partial charge in [0, 0.05) is 12.6 Å². The summed E-state index contributed by atoms with van der Waals surface area (Å²) in [6.45, 7) is 10.3. The van der Waals surface area contributed by atoms with Crippen molar-refractivity contribution in [2.75, 3.05) is 13.2 Å². The second-order valence-corrected chi connectivity index (χ2v) is 5.16. The van der Waals surface area contributed by atoms with Gasteiger partial charge < -0.3 is 10.1 Å². The molecular weight excluding hydrogens is 222 g/mol. The van der Waals surface area contributed by atoms with Crippen LogP contribution in [0.5, 0.6) is 0 Å². The molecule has 1 atom stereocenters. The lowest BCUT2D eigenvalue weighted by Gasteiger charge is -2.19. The number of benzene rings is 1. The molecule has 0 radical (unpaired) electrons. The molecule has 2 heteroatoms. The van der Waals surface area contributed by atoms with Crippen molar-refractivity contribution >= 4 is 0 Å². The molecule has 2 nitrogen and oxygen atoms in total. The highest BCUT2D eigenvalue weighted by Gasteiger charge is 2.09. The molecule has 0 heterocycles. The summed E-state index contributed by atoms with van der Waals surface area (Å²) in [6, 6.07) is 9.27. The van der Waals surface area contributed by atoms with Crippen LogP contribution < -0.4 is 5.32 Å². The van der Waals surface area contributed by atoms with Crippen LogP contribution in [0.2, 0.25) is 0 Å². The number of hydrogen-bond donors (Lipinski definition) is 1. The van der Waals surface area contributed by atoms with E-state index in [0.29, 0.717) is 12.1 Å². The predicted octanol–water partition coefficient (Wildman–Crippen LogP) is 3.33. The van der Waals surface area contributed by atoms with Gasteiger partial charge in [0.15, 0.2) is 0 Å². The molecule has 1 aromatic rings. The molecule has 0 amide bonds. The fraction of sp³-hybridized carbons (Fsp3) is 0.625. The molecule has 1 rings (SSSR count). The zero-order valence-corrected chi connectivity index (χ0v) is 12.2. The topological polar surface area (TPSA) is 21.3 Å². The van der Waals surface area contributed by atoms with Gasteiger partial charge in [-0.2, -0.15) is 0 Å². The number of rotatable bonds is 8. The standard InChI is InChI=1S/C16H27NO/c1-5-17-16(9-10-18-13(2)3)12-15-8-6-7-14(4)11-15/h6-8,11,13,16-17H,5,9-10,12H2,1-4H3. The third kappa shape index (κ3) is 6.18. The van der Waals surface area contributed by atoms with Crippen molar-refractivity contribution in [2.24, 2.45) is 0 Å². The van der Waals surface area contributed by atoms with Crippen molar-refractivity contribution in [3.05, 3.63) is 35.4 Å². The van der Waals surface area contributed by atoms with E-state index < -0.39 is 0 Å². The van der Waals surface area contributed by atoms with Crippen LogP contribution in [-0.2, 0) is 11.2 Å². The van der Waals surface area contributed by atoms with E-state index in [1.165, 1.54) is 11.1 Å². The lowest BCUT2D eigenvalue weighted by atomic mass is 10.0. The highest BCUT2D eigenvalue weighted by molar-refractivity contribution is 5.22. The van der Waals surface area contributed by atoms with Crippen molar-refractivity contribution in [3.8, 4) is 0 Å². The summed E-state index contributed by atoms with van der Waals surface area (Å²) in [6.07, 6.45) is 2.47. The summed E-state index contributed by atoms with van der Waals surface area (Å²) in [5.74, 6) is 0. The fourth-order valence-electron chi connectivity index (χ4n) is 2.13. The van der Waals surface area contributed by atoms with E-state index in [-0.39, 0.29) is 0 Å². The van der Waals surface area contributed by atoms with Crippen molar-refractivity contribution in [2.45, 2.75) is 52.7 Å². The van der Waals surface area contributed by atoms with E-state index in [2.05, 4.69) is 57.3 Å². The zero-order valence-electron chi connectivity index (χ0n) is 12.2. The maximum Gasteiger partial charge on any atom is 0.0518 e. The Hall–Kier alpha value is -0.860. The third-order valence-corrected chi connectivity index (χ3v) is 2.97. The average Bonchev–Trinajstić information content (AvgIpc) is 2.28. The molecule has 0 saturated carbocycles. The molecule has 18 heavy (non-hydrogen) atoms. The molecule has 0 spiro atoms. The lowest BCUT2D eigenvalue weighted by Crippen LogP contribution is -2.32. The molecule has 0 aromatic heterocycles. The van der Waals surface area contributed by atoms with Gasteiger partial charge in [0.25, 0.3) is 0 Å². The average molecular weight is 249 g/mol. The van der Waals surface area contributed by atoms with Crippen LogP contribution in [0.1, 0.15) is 38.3 Å². The first-order chi connectivity index (χ1) is 8.61. The van der Waals surface area contributed by atoms with Crippen LogP contribution in [-0.4, -0.2) is 25.3 Å². The van der Waals surface area contributed by atoms with Gasteiger partial charge in [0.05, 0.1) is 6.10 Å². The van der Waals surface area contributed by atoms with E-state index in [9.17, 15) is 0 Å². The first kappa shape index (κ1) is 15.2. The molecular formula is C16H27NO. The quantitative estimate of drug-likeness (QED) is 0.763. The number of ether oxygens (including phenoxy) is 1. The number of nitrogens with one attached hydrogen (secondary N) is 1. The van der Waals surface area contributed by atoms with Gasteiger partial charge in [-0.25, -0.2) is 0 Å². The Morgan fingerprint density at radius 1 is 1.28 bits per heavy atom. The van der Waals surface area contributed by atoms with Crippen molar-refractivity contribution in [1.82, 2.24) is 5.32 Å². The summed E-state index contributed by atoms with van der Waals surface area (Å²) in [7, 11) is 0. The Balaban J connectivity index is 2.46. The lowest BCUT2D eigenvalue weighted by molar-refractivity contribution is 0.0716. The van der Waals surface area contributed by atoms with Gasteiger partial charge in [-0.05, 0) is 45.7 Å². The molecule has 0 saturated heterocycles. The summed E-state index contributed by atoms with van der Waals surface area (Å²) in [5, 5.41) is 3.54. The highest BCUT2D eigenvalue weighted by atomic mass is 16.5. The molecule has 0 aliphatic rings. The molecule has 0 bridgehead atoms. The van der Waals surface area contributed by atoms with Gasteiger partial charge >= 0.3 is 0 Å². The fourth-order valence-corrected chi connectivity index (χ4v) is 2.13. The number of hydrogen-bond acceptors (Lipinski definition) is 2. The van der Waals surface area contributed by atoms with Crippen LogP contribution >= 0.6 is 0 Å². The number of aryl methyl sites for hydroxylation is 1. The normalized spacial score (nSPS) is 12.9. The van der Waals surface area contributed by atoms with Crippen LogP contribution in [0.25, 0.3) is 0 Å².